The summed E-state index contributed by atoms with van der Waals surface area (Å²) in [4.78, 5) is 15.4. The molecule has 0 bridgehead atoms. The van der Waals surface area contributed by atoms with Gasteiger partial charge in [0.15, 0.2) is 0 Å². The summed E-state index contributed by atoms with van der Waals surface area (Å²) in [6.45, 7) is 0.966. The second-order valence-electron chi connectivity index (χ2n) is 4.39. The number of rotatable bonds is 0. The zero-order valence-corrected chi connectivity index (χ0v) is 8.49. The molecule has 13 heavy (non-hydrogen) atoms. The summed E-state index contributed by atoms with van der Waals surface area (Å²) in [5.41, 5.74) is 0. The molecule has 3 heteroatoms. The first-order valence-electron chi connectivity index (χ1n) is 5.18. The van der Waals surface area contributed by atoms with Crippen molar-refractivity contribution in [3.8, 4) is 0 Å². The molecule has 1 saturated heterocycles. The first kappa shape index (κ1) is 8.85. The Labute approximate surface area is 79.7 Å². The smallest absolute Gasteiger partial charge is 0.319 e. The van der Waals surface area contributed by atoms with Crippen LogP contribution in [-0.2, 0) is 0 Å². The Morgan fingerprint density at radius 2 is 1.92 bits per heavy atom. The molecule has 2 unspecified atom stereocenters. The van der Waals surface area contributed by atoms with Gasteiger partial charge in [-0.2, -0.15) is 0 Å². The zero-order valence-electron chi connectivity index (χ0n) is 8.49. The van der Waals surface area contributed by atoms with E-state index in [0.29, 0.717) is 6.04 Å². The number of carbonyl (C=O) groups excluding carboxylic acids is 1. The van der Waals surface area contributed by atoms with E-state index in [-0.39, 0.29) is 6.03 Å². The van der Waals surface area contributed by atoms with Crippen molar-refractivity contribution in [3.05, 3.63) is 0 Å². The fraction of sp³-hybridized carbons (Fsp3) is 0.900. The number of fused-ring (bicyclic) bond motifs is 1. The predicted molar refractivity (Wildman–Crippen MR) is 51.5 cm³/mol. The zero-order chi connectivity index (χ0) is 9.42. The van der Waals surface area contributed by atoms with Crippen molar-refractivity contribution in [2.75, 3.05) is 20.6 Å². The van der Waals surface area contributed by atoms with Gasteiger partial charge in [-0.05, 0) is 18.8 Å². The number of hydrogen-bond donors (Lipinski definition) is 0. The van der Waals surface area contributed by atoms with E-state index >= 15 is 0 Å². The van der Waals surface area contributed by atoms with Crippen molar-refractivity contribution in [1.82, 2.24) is 9.80 Å². The molecule has 0 aromatic heterocycles. The van der Waals surface area contributed by atoms with Crippen molar-refractivity contribution in [2.45, 2.75) is 31.7 Å². The first-order valence-corrected chi connectivity index (χ1v) is 5.18. The Bertz CT molecular complexity index is 217. The highest BCUT2D eigenvalue weighted by Gasteiger charge is 2.37. The number of hydrogen-bond acceptors (Lipinski definition) is 1. The minimum Gasteiger partial charge on any atom is -0.327 e. The van der Waals surface area contributed by atoms with Gasteiger partial charge in [0, 0.05) is 26.7 Å². The molecule has 2 amide bonds. The molecule has 2 aliphatic rings. The average Bonchev–Trinajstić information content (AvgIpc) is 2.15. The molecule has 2 atom stereocenters. The molecular weight excluding hydrogens is 164 g/mol. The molecule has 3 nitrogen and oxygen atoms in total. The Morgan fingerprint density at radius 1 is 1.23 bits per heavy atom. The van der Waals surface area contributed by atoms with E-state index in [2.05, 4.69) is 0 Å². The maximum absolute atomic E-state index is 11.6. The van der Waals surface area contributed by atoms with Crippen LogP contribution in [0.4, 0.5) is 4.79 Å². The fourth-order valence-corrected chi connectivity index (χ4v) is 2.75. The SMILES string of the molecule is CN1CC2CCCCC2N(C)C1=O. The van der Waals surface area contributed by atoms with Gasteiger partial charge in [0.1, 0.15) is 0 Å². The fourth-order valence-electron chi connectivity index (χ4n) is 2.75. The summed E-state index contributed by atoms with van der Waals surface area (Å²) < 4.78 is 0. The minimum atomic E-state index is 0.197. The molecule has 1 saturated carbocycles. The highest BCUT2D eigenvalue weighted by molar-refractivity contribution is 5.75. The Morgan fingerprint density at radius 3 is 2.69 bits per heavy atom. The third-order valence-corrected chi connectivity index (χ3v) is 3.50. The molecule has 0 spiro atoms. The maximum atomic E-state index is 11.6. The van der Waals surface area contributed by atoms with Crippen LogP contribution >= 0.6 is 0 Å². The van der Waals surface area contributed by atoms with Gasteiger partial charge in [0.05, 0.1) is 0 Å². The lowest BCUT2D eigenvalue weighted by atomic mass is 9.82. The number of urea groups is 1. The van der Waals surface area contributed by atoms with Crippen LogP contribution in [0.15, 0.2) is 0 Å². The third kappa shape index (κ3) is 1.40. The van der Waals surface area contributed by atoms with Gasteiger partial charge in [-0.15, -0.1) is 0 Å². The molecule has 1 aliphatic carbocycles. The lowest BCUT2D eigenvalue weighted by Crippen LogP contribution is -2.56. The van der Waals surface area contributed by atoms with E-state index in [1.165, 1.54) is 25.7 Å². The van der Waals surface area contributed by atoms with Crippen molar-refractivity contribution in [1.29, 1.82) is 0 Å². The molecular formula is C10H18N2O. The summed E-state index contributed by atoms with van der Waals surface area (Å²) in [6.07, 6.45) is 5.15. The van der Waals surface area contributed by atoms with Crippen LogP contribution in [0.5, 0.6) is 0 Å². The predicted octanol–water partition coefficient (Wildman–Crippen LogP) is 1.54. The maximum Gasteiger partial charge on any atom is 0.319 e. The van der Waals surface area contributed by atoms with Gasteiger partial charge in [0.25, 0.3) is 0 Å². The second-order valence-corrected chi connectivity index (χ2v) is 4.39. The molecule has 0 radical (unpaired) electrons. The lowest BCUT2D eigenvalue weighted by Gasteiger charge is -2.45. The van der Waals surface area contributed by atoms with Crippen LogP contribution in [0.1, 0.15) is 25.7 Å². The summed E-state index contributed by atoms with van der Waals surface area (Å²) in [7, 11) is 3.85. The Kier molecular flexibility index (Phi) is 2.18. The highest BCUT2D eigenvalue weighted by Crippen LogP contribution is 2.31. The number of amides is 2. The minimum absolute atomic E-state index is 0.197. The van der Waals surface area contributed by atoms with E-state index in [4.69, 9.17) is 0 Å². The summed E-state index contributed by atoms with van der Waals surface area (Å²) in [5, 5.41) is 0. The van der Waals surface area contributed by atoms with E-state index in [1.54, 1.807) is 0 Å². The van der Waals surface area contributed by atoms with Crippen molar-refractivity contribution >= 4 is 6.03 Å². The van der Waals surface area contributed by atoms with Gasteiger partial charge >= 0.3 is 6.03 Å². The third-order valence-electron chi connectivity index (χ3n) is 3.50. The summed E-state index contributed by atoms with van der Waals surface area (Å²) in [5.74, 6) is 0.724. The summed E-state index contributed by atoms with van der Waals surface area (Å²) >= 11 is 0. The Balaban J connectivity index is 2.12. The first-order chi connectivity index (χ1) is 6.20. The van der Waals surface area contributed by atoms with E-state index < -0.39 is 0 Å². The molecule has 2 fully saturated rings. The molecule has 74 valence electrons. The van der Waals surface area contributed by atoms with Crippen LogP contribution in [0.2, 0.25) is 0 Å². The molecule has 1 aliphatic heterocycles. The topological polar surface area (TPSA) is 23.6 Å². The average molecular weight is 182 g/mol. The van der Waals surface area contributed by atoms with Crippen LogP contribution < -0.4 is 0 Å². The molecule has 0 aromatic rings. The van der Waals surface area contributed by atoms with Crippen LogP contribution in [-0.4, -0.2) is 42.5 Å². The van der Waals surface area contributed by atoms with Gasteiger partial charge < -0.3 is 9.80 Å². The van der Waals surface area contributed by atoms with E-state index in [1.807, 2.05) is 23.9 Å². The van der Waals surface area contributed by atoms with Gasteiger partial charge in [-0.1, -0.05) is 12.8 Å². The van der Waals surface area contributed by atoms with Gasteiger partial charge in [0.2, 0.25) is 0 Å². The Hall–Kier alpha value is -0.730. The van der Waals surface area contributed by atoms with Gasteiger partial charge in [-0.3, -0.25) is 0 Å². The standard InChI is InChI=1S/C10H18N2O/c1-11-7-8-5-3-4-6-9(8)12(2)10(11)13/h8-9H,3-7H2,1-2H3. The van der Waals surface area contributed by atoms with E-state index in [9.17, 15) is 4.79 Å². The van der Waals surface area contributed by atoms with Crippen LogP contribution in [0, 0.1) is 5.92 Å². The molecule has 0 aromatic carbocycles. The lowest BCUT2D eigenvalue weighted by molar-refractivity contribution is 0.0650. The molecule has 0 N–H and O–H groups in total. The highest BCUT2D eigenvalue weighted by atomic mass is 16.2. The largest absolute Gasteiger partial charge is 0.327 e. The number of carbonyl (C=O) groups is 1. The monoisotopic (exact) mass is 182 g/mol. The van der Waals surface area contributed by atoms with Crippen LogP contribution in [0.3, 0.4) is 0 Å². The van der Waals surface area contributed by atoms with Gasteiger partial charge in [-0.25, -0.2) is 4.79 Å². The second kappa shape index (κ2) is 3.20. The van der Waals surface area contributed by atoms with E-state index in [0.717, 1.165) is 12.5 Å². The quantitative estimate of drug-likeness (QED) is 0.557. The number of nitrogens with zero attached hydrogens (tertiary/aromatic N) is 2. The normalized spacial score (nSPS) is 34.8. The molecule has 2 rings (SSSR count). The summed E-state index contributed by atoms with van der Waals surface area (Å²) in [6, 6.07) is 0.723. The van der Waals surface area contributed by atoms with Crippen molar-refractivity contribution < 1.29 is 4.79 Å². The molecule has 1 heterocycles. The van der Waals surface area contributed by atoms with Crippen molar-refractivity contribution in [2.24, 2.45) is 5.92 Å². The van der Waals surface area contributed by atoms with Crippen molar-refractivity contribution in [3.63, 3.8) is 0 Å². The van der Waals surface area contributed by atoms with Crippen LogP contribution in [0.25, 0.3) is 0 Å².